The van der Waals surface area contributed by atoms with Gasteiger partial charge in [0.2, 0.25) is 5.91 Å². The number of rotatable bonds is 4. The third kappa shape index (κ3) is 2.08. The van der Waals surface area contributed by atoms with Crippen LogP contribution in [0.1, 0.15) is 37.7 Å². The van der Waals surface area contributed by atoms with Crippen LogP contribution in [0.15, 0.2) is 30.3 Å². The average molecular weight is 229 g/mol. The zero-order valence-electron chi connectivity index (χ0n) is 10.1. The van der Waals surface area contributed by atoms with Crippen LogP contribution in [0.5, 0.6) is 0 Å². The molecule has 0 unspecified atom stereocenters. The van der Waals surface area contributed by atoms with Crippen LogP contribution in [0.2, 0.25) is 0 Å². The summed E-state index contributed by atoms with van der Waals surface area (Å²) in [4.78, 5) is 11.8. The van der Waals surface area contributed by atoms with Gasteiger partial charge in [-0.1, -0.05) is 36.8 Å². The van der Waals surface area contributed by atoms with E-state index in [2.05, 4.69) is 29.6 Å². The van der Waals surface area contributed by atoms with E-state index in [9.17, 15) is 4.79 Å². The summed E-state index contributed by atoms with van der Waals surface area (Å²) in [6, 6.07) is 10.6. The molecule has 0 radical (unpaired) electrons. The quantitative estimate of drug-likeness (QED) is 0.845. The maximum Gasteiger partial charge on any atom is 0.223 e. The zero-order valence-corrected chi connectivity index (χ0v) is 10.1. The molecule has 2 nitrogen and oxygen atoms in total. The van der Waals surface area contributed by atoms with Crippen LogP contribution in [0.3, 0.4) is 0 Å². The Bertz CT molecular complexity index is 404. The van der Waals surface area contributed by atoms with Crippen LogP contribution >= 0.6 is 0 Å². The first-order valence-electron chi connectivity index (χ1n) is 6.63. The van der Waals surface area contributed by atoms with Gasteiger partial charge in [-0.15, -0.1) is 0 Å². The molecule has 2 aliphatic carbocycles. The van der Waals surface area contributed by atoms with Crippen molar-refractivity contribution >= 4 is 5.91 Å². The molecule has 0 aromatic heterocycles. The second kappa shape index (κ2) is 4.17. The van der Waals surface area contributed by atoms with Gasteiger partial charge in [0, 0.05) is 17.9 Å². The number of hydrogen-bond donors (Lipinski definition) is 1. The fourth-order valence-corrected chi connectivity index (χ4v) is 2.58. The second-order valence-corrected chi connectivity index (χ2v) is 5.49. The van der Waals surface area contributed by atoms with Gasteiger partial charge in [0.25, 0.3) is 0 Å². The topological polar surface area (TPSA) is 29.1 Å². The summed E-state index contributed by atoms with van der Waals surface area (Å²) in [6.45, 7) is 0.826. The summed E-state index contributed by atoms with van der Waals surface area (Å²) in [7, 11) is 0. The minimum Gasteiger partial charge on any atom is -0.355 e. The van der Waals surface area contributed by atoms with Crippen LogP contribution in [0, 0.1) is 5.92 Å². The van der Waals surface area contributed by atoms with Crippen LogP contribution in [-0.4, -0.2) is 12.5 Å². The molecule has 0 heterocycles. The summed E-state index contributed by atoms with van der Waals surface area (Å²) in [5.74, 6) is 0.583. The first kappa shape index (κ1) is 10.8. The van der Waals surface area contributed by atoms with E-state index in [1.807, 2.05) is 6.07 Å². The highest BCUT2D eigenvalue weighted by Gasteiger charge is 2.44. The van der Waals surface area contributed by atoms with Gasteiger partial charge in [-0.2, -0.15) is 0 Å². The average Bonchev–Trinajstić information content (AvgIpc) is 3.06. The largest absolute Gasteiger partial charge is 0.355 e. The van der Waals surface area contributed by atoms with Crippen LogP contribution in [-0.2, 0) is 10.2 Å². The van der Waals surface area contributed by atoms with Crippen molar-refractivity contribution < 1.29 is 4.79 Å². The molecule has 2 saturated carbocycles. The van der Waals surface area contributed by atoms with Crippen LogP contribution in [0.25, 0.3) is 0 Å². The SMILES string of the molecule is O=C(NCC1(c2ccccc2)CC1)C1CCC1. The maximum atomic E-state index is 11.8. The summed E-state index contributed by atoms with van der Waals surface area (Å²) in [5.41, 5.74) is 1.63. The molecule has 2 aliphatic rings. The molecule has 3 rings (SSSR count). The van der Waals surface area contributed by atoms with Gasteiger partial charge >= 0.3 is 0 Å². The standard InChI is InChI=1S/C15H19NO/c17-14(12-5-4-6-12)16-11-15(9-10-15)13-7-2-1-3-8-13/h1-3,7-8,12H,4-6,9-11H2,(H,16,17). The second-order valence-electron chi connectivity index (χ2n) is 5.49. The molecule has 2 heteroatoms. The molecule has 0 saturated heterocycles. The monoisotopic (exact) mass is 229 g/mol. The smallest absolute Gasteiger partial charge is 0.223 e. The van der Waals surface area contributed by atoms with Gasteiger partial charge in [-0.05, 0) is 31.2 Å². The summed E-state index contributed by atoms with van der Waals surface area (Å²) < 4.78 is 0. The van der Waals surface area contributed by atoms with Crippen molar-refractivity contribution in [2.75, 3.05) is 6.54 Å². The van der Waals surface area contributed by atoms with E-state index in [-0.39, 0.29) is 11.3 Å². The fraction of sp³-hybridized carbons (Fsp3) is 0.533. The lowest BCUT2D eigenvalue weighted by Crippen LogP contribution is -2.38. The molecule has 17 heavy (non-hydrogen) atoms. The van der Waals surface area contributed by atoms with E-state index < -0.39 is 0 Å². The lowest BCUT2D eigenvalue weighted by Gasteiger charge is -2.25. The summed E-state index contributed by atoms with van der Waals surface area (Å²) >= 11 is 0. The minimum absolute atomic E-state index is 0.251. The van der Waals surface area contributed by atoms with Crippen LogP contribution < -0.4 is 5.32 Å². The van der Waals surface area contributed by atoms with Gasteiger partial charge < -0.3 is 5.32 Å². The Morgan fingerprint density at radius 2 is 1.94 bits per heavy atom. The normalized spacial score (nSPS) is 21.6. The molecular formula is C15H19NO. The molecule has 90 valence electrons. The Kier molecular flexibility index (Phi) is 2.65. The van der Waals surface area contributed by atoms with E-state index in [0.717, 1.165) is 19.4 Å². The molecule has 0 aliphatic heterocycles. The number of carbonyl (C=O) groups excluding carboxylic acids is 1. The van der Waals surface area contributed by atoms with Gasteiger partial charge in [-0.25, -0.2) is 0 Å². The third-order valence-corrected chi connectivity index (χ3v) is 4.32. The number of benzene rings is 1. The Labute approximate surface area is 102 Å². The first-order chi connectivity index (χ1) is 8.30. The molecule has 1 N–H and O–H groups in total. The maximum absolute atomic E-state index is 11.8. The van der Waals surface area contributed by atoms with Gasteiger partial charge in [-0.3, -0.25) is 4.79 Å². The van der Waals surface area contributed by atoms with Gasteiger partial charge in [0.05, 0.1) is 0 Å². The third-order valence-electron chi connectivity index (χ3n) is 4.32. The van der Waals surface area contributed by atoms with Crippen molar-refractivity contribution in [3.8, 4) is 0 Å². The highest BCUT2D eigenvalue weighted by molar-refractivity contribution is 5.79. The van der Waals surface area contributed by atoms with E-state index in [4.69, 9.17) is 0 Å². The Balaban J connectivity index is 1.59. The number of amides is 1. The zero-order chi connectivity index (χ0) is 11.7. The molecule has 0 spiro atoms. The van der Waals surface area contributed by atoms with Gasteiger partial charge in [0.1, 0.15) is 0 Å². The predicted molar refractivity (Wildman–Crippen MR) is 67.7 cm³/mol. The van der Waals surface area contributed by atoms with Crippen molar-refractivity contribution in [3.63, 3.8) is 0 Å². The minimum atomic E-state index is 0.251. The lowest BCUT2D eigenvalue weighted by molar-refractivity contribution is -0.127. The van der Waals surface area contributed by atoms with Crippen molar-refractivity contribution in [2.24, 2.45) is 5.92 Å². The van der Waals surface area contributed by atoms with Crippen molar-refractivity contribution in [3.05, 3.63) is 35.9 Å². The lowest BCUT2D eigenvalue weighted by atomic mass is 9.84. The Hall–Kier alpha value is -1.31. The molecular weight excluding hydrogens is 210 g/mol. The summed E-state index contributed by atoms with van der Waals surface area (Å²) in [6.07, 6.45) is 5.82. The Morgan fingerprint density at radius 1 is 1.24 bits per heavy atom. The highest BCUT2D eigenvalue weighted by Crippen LogP contribution is 2.47. The number of carbonyl (C=O) groups is 1. The summed E-state index contributed by atoms with van der Waals surface area (Å²) in [5, 5.41) is 3.15. The van der Waals surface area contributed by atoms with E-state index in [0.29, 0.717) is 5.92 Å². The first-order valence-corrected chi connectivity index (χ1v) is 6.63. The van der Waals surface area contributed by atoms with Crippen molar-refractivity contribution in [1.82, 2.24) is 5.32 Å². The molecule has 1 aromatic carbocycles. The fourth-order valence-electron chi connectivity index (χ4n) is 2.58. The molecule has 0 bridgehead atoms. The highest BCUT2D eigenvalue weighted by atomic mass is 16.1. The number of hydrogen-bond acceptors (Lipinski definition) is 1. The molecule has 1 aromatic rings. The van der Waals surface area contributed by atoms with Crippen molar-refractivity contribution in [2.45, 2.75) is 37.5 Å². The molecule has 0 atom stereocenters. The number of nitrogens with one attached hydrogen (secondary N) is 1. The predicted octanol–water partition coefficient (Wildman–Crippen LogP) is 2.63. The Morgan fingerprint density at radius 3 is 2.47 bits per heavy atom. The molecule has 1 amide bonds. The van der Waals surface area contributed by atoms with Crippen molar-refractivity contribution in [1.29, 1.82) is 0 Å². The van der Waals surface area contributed by atoms with E-state index in [1.54, 1.807) is 0 Å². The van der Waals surface area contributed by atoms with E-state index >= 15 is 0 Å². The van der Waals surface area contributed by atoms with Gasteiger partial charge in [0.15, 0.2) is 0 Å². The molecule has 2 fully saturated rings. The van der Waals surface area contributed by atoms with E-state index in [1.165, 1.54) is 24.8 Å². The van der Waals surface area contributed by atoms with Crippen LogP contribution in [0.4, 0.5) is 0 Å².